The van der Waals surface area contributed by atoms with Gasteiger partial charge in [-0.05, 0) is 6.42 Å². The summed E-state index contributed by atoms with van der Waals surface area (Å²) in [5.41, 5.74) is -0.668. The van der Waals surface area contributed by atoms with Gasteiger partial charge in [-0.15, -0.1) is 0 Å². The quantitative estimate of drug-likeness (QED) is 0.304. The Bertz CT molecular complexity index is 865. The smallest absolute Gasteiger partial charge is 0.460 e. The van der Waals surface area contributed by atoms with Gasteiger partial charge in [-0.2, -0.15) is 57.1 Å². The highest BCUT2D eigenvalue weighted by Gasteiger charge is 2.90. The highest BCUT2D eigenvalue weighted by atomic mass is 32.2. The zero-order valence-electron chi connectivity index (χ0n) is 16.1. The van der Waals surface area contributed by atoms with Crippen LogP contribution in [0.25, 0.3) is 0 Å². The van der Waals surface area contributed by atoms with Crippen LogP contribution in [0.2, 0.25) is 0 Å². The molecule has 5 nitrogen and oxygen atoms in total. The van der Waals surface area contributed by atoms with Gasteiger partial charge in [0.05, 0.1) is 11.3 Å². The lowest BCUT2D eigenvalue weighted by Gasteiger charge is -2.39. The Morgan fingerprint density at radius 3 is 1.55 bits per heavy atom. The minimum Gasteiger partial charge on any atom is -0.478 e. The van der Waals surface area contributed by atoms with Crippen LogP contribution in [0.15, 0.2) is 11.8 Å². The number of hydrogen-bond donors (Lipinski definition) is 1. The van der Waals surface area contributed by atoms with Crippen LogP contribution >= 0.6 is 0 Å². The van der Waals surface area contributed by atoms with Gasteiger partial charge in [0, 0.05) is 19.7 Å². The lowest BCUT2D eigenvalue weighted by molar-refractivity contribution is -0.439. The predicted molar refractivity (Wildman–Crippen MR) is 83.0 cm³/mol. The van der Waals surface area contributed by atoms with E-state index in [1.165, 1.54) is 6.92 Å². The number of carbonyl (C=O) groups is 1. The molecular formula is C14H14F13NO4S. The molecule has 0 bridgehead atoms. The van der Waals surface area contributed by atoms with Crippen LogP contribution in [0.1, 0.15) is 19.8 Å². The van der Waals surface area contributed by atoms with Crippen molar-refractivity contribution in [3.05, 3.63) is 11.8 Å². The largest absolute Gasteiger partial charge is 0.478 e. The molecule has 0 spiro atoms. The normalized spacial score (nSPS) is 15.5. The predicted octanol–water partition coefficient (Wildman–Crippen LogP) is 4.76. The third kappa shape index (κ3) is 5.42. The van der Waals surface area contributed by atoms with E-state index in [-0.39, 0.29) is 10.7 Å². The Hall–Kier alpha value is -1.95. The Balaban J connectivity index is 6.09. The summed E-state index contributed by atoms with van der Waals surface area (Å²) in [6.07, 6.45) is -10.5. The molecule has 0 fully saturated rings. The fourth-order valence-electron chi connectivity index (χ4n) is 1.96. The first kappa shape index (κ1) is 31.0. The standard InChI is InChI=1S/C14H14F13NO4S/c1-3-7(8(29)30)6-28(2)33(31,32)5-4-9(15,16)10(17,18)11(19,20)12(21,22)13(23,24)14(25,26)27/h6H,3-5H2,1-2H3,(H,29,30). The van der Waals surface area contributed by atoms with E-state index in [2.05, 4.69) is 0 Å². The molecule has 33 heavy (non-hydrogen) atoms. The molecule has 196 valence electrons. The molecule has 0 heterocycles. The average molecular weight is 539 g/mol. The Labute approximate surface area is 176 Å². The molecule has 0 unspecified atom stereocenters. The molecule has 0 radical (unpaired) electrons. The van der Waals surface area contributed by atoms with Gasteiger partial charge in [-0.3, -0.25) is 4.31 Å². The van der Waals surface area contributed by atoms with E-state index in [1.807, 2.05) is 0 Å². The molecule has 0 rings (SSSR count). The van der Waals surface area contributed by atoms with Crippen LogP contribution in [0.3, 0.4) is 0 Å². The van der Waals surface area contributed by atoms with Gasteiger partial charge in [-0.25, -0.2) is 13.2 Å². The van der Waals surface area contributed by atoms with Gasteiger partial charge in [0.15, 0.2) is 0 Å². The lowest BCUT2D eigenvalue weighted by atomic mass is 9.93. The van der Waals surface area contributed by atoms with Gasteiger partial charge in [-0.1, -0.05) is 6.92 Å². The van der Waals surface area contributed by atoms with Crippen molar-refractivity contribution in [1.29, 1.82) is 0 Å². The summed E-state index contributed by atoms with van der Waals surface area (Å²) in [6.45, 7) is 1.19. The van der Waals surface area contributed by atoms with E-state index in [4.69, 9.17) is 5.11 Å². The van der Waals surface area contributed by atoms with Crippen molar-refractivity contribution < 1.29 is 75.4 Å². The summed E-state index contributed by atoms with van der Waals surface area (Å²) in [5.74, 6) is -42.1. The molecule has 0 aliphatic heterocycles. The first-order valence-corrected chi connectivity index (χ1v) is 9.71. The Kier molecular flexibility index (Phi) is 8.48. The van der Waals surface area contributed by atoms with Crippen LogP contribution in [-0.4, -0.2) is 72.4 Å². The first-order valence-electron chi connectivity index (χ1n) is 8.10. The zero-order chi connectivity index (χ0) is 27.1. The summed E-state index contributed by atoms with van der Waals surface area (Å²) in [7, 11) is -4.71. The number of nitrogens with zero attached hydrogens (tertiary/aromatic N) is 1. The minimum atomic E-state index is -8.08. The number of sulfonamides is 1. The third-order valence-corrected chi connectivity index (χ3v) is 5.81. The highest BCUT2D eigenvalue weighted by molar-refractivity contribution is 7.89. The van der Waals surface area contributed by atoms with Gasteiger partial charge in [0.25, 0.3) is 0 Å². The Morgan fingerprint density at radius 1 is 0.818 bits per heavy atom. The molecule has 0 aromatic heterocycles. The van der Waals surface area contributed by atoms with Crippen LogP contribution in [0.4, 0.5) is 57.1 Å². The van der Waals surface area contributed by atoms with Crippen LogP contribution in [0.5, 0.6) is 0 Å². The molecule has 0 aromatic carbocycles. The van der Waals surface area contributed by atoms with Crippen molar-refractivity contribution in [1.82, 2.24) is 4.31 Å². The number of halogens is 13. The maximum Gasteiger partial charge on any atom is 0.460 e. The van der Waals surface area contributed by atoms with E-state index < -0.39 is 69.5 Å². The monoisotopic (exact) mass is 539 g/mol. The van der Waals surface area contributed by atoms with E-state index >= 15 is 0 Å². The molecule has 0 saturated carbocycles. The fourth-order valence-corrected chi connectivity index (χ4v) is 3.05. The molecule has 0 aromatic rings. The summed E-state index contributed by atoms with van der Waals surface area (Å²) in [5, 5.41) is 8.74. The lowest BCUT2D eigenvalue weighted by Crippen LogP contribution is -2.70. The van der Waals surface area contributed by atoms with Crippen molar-refractivity contribution in [3.8, 4) is 0 Å². The Morgan fingerprint density at radius 2 is 1.21 bits per heavy atom. The van der Waals surface area contributed by atoms with Crippen molar-refractivity contribution in [2.45, 2.75) is 55.6 Å². The number of carboxylic acid groups (broad SMARTS) is 1. The topological polar surface area (TPSA) is 74.7 Å². The van der Waals surface area contributed by atoms with Crippen LogP contribution < -0.4 is 0 Å². The summed E-state index contributed by atoms with van der Waals surface area (Å²) < 4.78 is 193. The van der Waals surface area contributed by atoms with E-state index in [9.17, 15) is 70.3 Å². The number of hydrogen-bond acceptors (Lipinski definition) is 3. The maximum absolute atomic E-state index is 13.7. The first-order chi connectivity index (χ1) is 14.2. The number of alkyl halides is 13. The molecule has 0 aliphatic carbocycles. The summed E-state index contributed by atoms with van der Waals surface area (Å²) >= 11 is 0. The van der Waals surface area contributed by atoms with Crippen molar-refractivity contribution in [2.24, 2.45) is 0 Å². The summed E-state index contributed by atoms with van der Waals surface area (Å²) in [4.78, 5) is 10.8. The highest BCUT2D eigenvalue weighted by Crippen LogP contribution is 2.60. The van der Waals surface area contributed by atoms with Crippen molar-refractivity contribution >= 4 is 16.0 Å². The second kappa shape index (κ2) is 9.01. The van der Waals surface area contributed by atoms with Crippen LogP contribution in [-0.2, 0) is 14.8 Å². The van der Waals surface area contributed by atoms with Crippen molar-refractivity contribution in [2.75, 3.05) is 12.8 Å². The molecule has 1 N–H and O–H groups in total. The fraction of sp³-hybridized carbons (Fsp3) is 0.786. The second-order valence-electron chi connectivity index (χ2n) is 6.40. The van der Waals surface area contributed by atoms with E-state index in [1.54, 1.807) is 0 Å². The molecule has 0 saturated heterocycles. The number of rotatable bonds is 11. The minimum absolute atomic E-state index is 0.112. The van der Waals surface area contributed by atoms with Crippen molar-refractivity contribution in [3.63, 3.8) is 0 Å². The molecule has 0 amide bonds. The van der Waals surface area contributed by atoms with Gasteiger partial charge in [0.1, 0.15) is 0 Å². The zero-order valence-corrected chi connectivity index (χ0v) is 17.0. The molecule has 19 heteroatoms. The maximum atomic E-state index is 13.7. The van der Waals surface area contributed by atoms with Gasteiger partial charge < -0.3 is 5.11 Å². The van der Waals surface area contributed by atoms with E-state index in [0.29, 0.717) is 13.2 Å². The van der Waals surface area contributed by atoms with Crippen LogP contribution in [0, 0.1) is 0 Å². The second-order valence-corrected chi connectivity index (χ2v) is 8.54. The molecule has 0 atom stereocenters. The van der Waals surface area contributed by atoms with Gasteiger partial charge >= 0.3 is 41.8 Å². The van der Waals surface area contributed by atoms with Gasteiger partial charge in [0.2, 0.25) is 10.0 Å². The molecular weight excluding hydrogens is 525 g/mol. The third-order valence-electron chi connectivity index (χ3n) is 4.10. The average Bonchev–Trinajstić information content (AvgIpc) is 2.62. The molecule has 0 aliphatic rings. The SMILES string of the molecule is CCC(=CN(C)S(=O)(=O)CCC(F)(F)C(F)(F)C(F)(F)C(F)(F)C(F)(F)C(F)(F)F)C(=O)O. The summed E-state index contributed by atoms with van der Waals surface area (Å²) in [6, 6.07) is 0. The number of aliphatic carboxylic acids is 1. The number of carboxylic acids is 1. The van der Waals surface area contributed by atoms with E-state index in [0.717, 1.165) is 0 Å².